The molecule has 0 radical (unpaired) electrons. The topological polar surface area (TPSA) is 44.8 Å². The number of aryl methyl sites for hydroxylation is 1. The third kappa shape index (κ3) is 5.65. The second-order valence-corrected chi connectivity index (χ2v) is 8.38. The SMILES string of the molecule is CCCCc1c(OP(=O)(Oc2ccccc2)Oc2ccccc2)ccc(C)c1C. The molecule has 0 fully saturated rings. The first kappa shape index (κ1) is 21.0. The smallest absolute Gasteiger partial charge is 0.386 e. The molecule has 0 unspecified atom stereocenters. The maximum absolute atomic E-state index is 13.7. The van der Waals surface area contributed by atoms with E-state index in [0.717, 1.165) is 30.4 Å². The minimum absolute atomic E-state index is 0.422. The summed E-state index contributed by atoms with van der Waals surface area (Å²) in [5, 5.41) is 0. The van der Waals surface area contributed by atoms with Gasteiger partial charge in [-0.15, -0.1) is 0 Å². The van der Waals surface area contributed by atoms with Gasteiger partial charge in [0.25, 0.3) is 0 Å². The lowest BCUT2D eigenvalue weighted by Gasteiger charge is -2.22. The molecule has 3 aromatic carbocycles. The van der Waals surface area contributed by atoms with Crippen LogP contribution in [-0.2, 0) is 11.0 Å². The van der Waals surface area contributed by atoms with Crippen molar-refractivity contribution in [2.45, 2.75) is 40.0 Å². The van der Waals surface area contributed by atoms with Crippen LogP contribution in [0.1, 0.15) is 36.5 Å². The monoisotopic (exact) mass is 410 g/mol. The molecule has 0 N–H and O–H groups in total. The van der Waals surface area contributed by atoms with Gasteiger partial charge in [-0.05, 0) is 73.7 Å². The molecule has 0 aromatic heterocycles. The van der Waals surface area contributed by atoms with Crippen LogP contribution < -0.4 is 13.6 Å². The molecule has 29 heavy (non-hydrogen) atoms. The third-order valence-corrected chi connectivity index (χ3v) is 6.03. The number of rotatable bonds is 9. The Morgan fingerprint density at radius 2 is 1.31 bits per heavy atom. The van der Waals surface area contributed by atoms with Crippen LogP contribution in [0.4, 0.5) is 0 Å². The molecule has 152 valence electrons. The minimum atomic E-state index is -3.98. The lowest BCUT2D eigenvalue weighted by atomic mass is 9.98. The molecular formula is C24H27O4P. The highest BCUT2D eigenvalue weighted by atomic mass is 31.2. The molecule has 0 aliphatic carbocycles. The molecule has 4 nitrogen and oxygen atoms in total. The van der Waals surface area contributed by atoms with E-state index in [4.69, 9.17) is 13.6 Å². The number of unbranched alkanes of at least 4 members (excludes halogenated alkanes) is 1. The van der Waals surface area contributed by atoms with Crippen molar-refractivity contribution in [3.63, 3.8) is 0 Å². The largest absolute Gasteiger partial charge is 0.647 e. The predicted octanol–water partition coefficient (Wildman–Crippen LogP) is 7.29. The fourth-order valence-corrected chi connectivity index (χ4v) is 4.28. The van der Waals surface area contributed by atoms with E-state index >= 15 is 0 Å². The van der Waals surface area contributed by atoms with Gasteiger partial charge in [-0.25, -0.2) is 0 Å². The highest BCUT2D eigenvalue weighted by molar-refractivity contribution is 7.49. The molecule has 5 heteroatoms. The van der Waals surface area contributed by atoms with Gasteiger partial charge in [0, 0.05) is 0 Å². The predicted molar refractivity (Wildman–Crippen MR) is 117 cm³/mol. The molecule has 0 aliphatic rings. The third-order valence-electron chi connectivity index (χ3n) is 4.74. The molecule has 0 amide bonds. The highest BCUT2D eigenvalue weighted by Crippen LogP contribution is 2.50. The quantitative estimate of drug-likeness (QED) is 0.347. The van der Waals surface area contributed by atoms with Crippen LogP contribution in [0.25, 0.3) is 0 Å². The zero-order chi connectivity index (χ0) is 20.7. The van der Waals surface area contributed by atoms with Crippen LogP contribution in [0.5, 0.6) is 17.2 Å². The normalized spacial score (nSPS) is 11.1. The van der Waals surface area contributed by atoms with E-state index in [2.05, 4.69) is 20.8 Å². The Bertz CT molecular complexity index is 925. The van der Waals surface area contributed by atoms with Gasteiger partial charge < -0.3 is 13.6 Å². The van der Waals surface area contributed by atoms with Crippen molar-refractivity contribution in [1.82, 2.24) is 0 Å². The molecule has 0 atom stereocenters. The second kappa shape index (κ2) is 9.67. The summed E-state index contributed by atoms with van der Waals surface area (Å²) in [4.78, 5) is 0. The van der Waals surface area contributed by atoms with Crippen LogP contribution in [0, 0.1) is 13.8 Å². The molecule has 3 aromatic rings. The van der Waals surface area contributed by atoms with Crippen LogP contribution in [0.15, 0.2) is 72.8 Å². The summed E-state index contributed by atoms with van der Waals surface area (Å²) >= 11 is 0. The maximum atomic E-state index is 13.7. The minimum Gasteiger partial charge on any atom is -0.386 e. The molecule has 0 spiro atoms. The summed E-state index contributed by atoms with van der Waals surface area (Å²) in [6.07, 6.45) is 2.92. The number of benzene rings is 3. The van der Waals surface area contributed by atoms with Crippen LogP contribution >= 0.6 is 7.82 Å². The average molecular weight is 410 g/mol. The van der Waals surface area contributed by atoms with Crippen molar-refractivity contribution in [2.24, 2.45) is 0 Å². The fraction of sp³-hybridized carbons (Fsp3) is 0.250. The van der Waals surface area contributed by atoms with Gasteiger partial charge in [0.1, 0.15) is 17.2 Å². The first-order chi connectivity index (χ1) is 14.0. The van der Waals surface area contributed by atoms with Crippen molar-refractivity contribution in [3.8, 4) is 17.2 Å². The van der Waals surface area contributed by atoms with Gasteiger partial charge in [-0.2, -0.15) is 4.57 Å². The highest BCUT2D eigenvalue weighted by Gasteiger charge is 2.34. The van der Waals surface area contributed by atoms with Crippen molar-refractivity contribution >= 4 is 7.82 Å². The lowest BCUT2D eigenvalue weighted by molar-refractivity contribution is 0.297. The van der Waals surface area contributed by atoms with Crippen LogP contribution in [0.3, 0.4) is 0 Å². The Kier molecular flexibility index (Phi) is 7.00. The summed E-state index contributed by atoms with van der Waals surface area (Å²) < 4.78 is 31.2. The molecule has 0 saturated heterocycles. The Morgan fingerprint density at radius 3 is 1.83 bits per heavy atom. The summed E-state index contributed by atoms with van der Waals surface area (Å²) in [6, 6.07) is 21.7. The summed E-state index contributed by atoms with van der Waals surface area (Å²) in [6.45, 7) is 6.27. The zero-order valence-corrected chi connectivity index (χ0v) is 18.0. The van der Waals surface area contributed by atoms with E-state index in [1.165, 1.54) is 5.56 Å². The van der Waals surface area contributed by atoms with Gasteiger partial charge in [0.15, 0.2) is 0 Å². The van der Waals surface area contributed by atoms with Crippen molar-refractivity contribution in [3.05, 3.63) is 89.5 Å². The Hall–Kier alpha value is -2.71. The zero-order valence-electron chi connectivity index (χ0n) is 17.1. The molecule has 0 saturated carbocycles. The van der Waals surface area contributed by atoms with E-state index in [0.29, 0.717) is 17.2 Å². The van der Waals surface area contributed by atoms with E-state index < -0.39 is 7.82 Å². The van der Waals surface area contributed by atoms with Crippen molar-refractivity contribution in [1.29, 1.82) is 0 Å². The average Bonchev–Trinajstić information content (AvgIpc) is 2.72. The standard InChI is InChI=1S/C24H27O4P/c1-4-5-16-23-20(3)19(2)17-18-24(23)28-29(25,26-21-12-8-6-9-13-21)27-22-14-10-7-11-15-22/h6-15,17-18H,4-5,16H2,1-3H3. The Labute approximate surface area is 173 Å². The van der Waals surface area contributed by atoms with Gasteiger partial charge in [-0.1, -0.05) is 55.8 Å². The summed E-state index contributed by atoms with van der Waals surface area (Å²) in [5.74, 6) is 1.38. The van der Waals surface area contributed by atoms with Crippen molar-refractivity contribution in [2.75, 3.05) is 0 Å². The van der Waals surface area contributed by atoms with Gasteiger partial charge in [-0.3, -0.25) is 0 Å². The van der Waals surface area contributed by atoms with E-state index in [9.17, 15) is 4.57 Å². The van der Waals surface area contributed by atoms with E-state index in [1.807, 2.05) is 48.5 Å². The lowest BCUT2D eigenvalue weighted by Crippen LogP contribution is -2.09. The van der Waals surface area contributed by atoms with Crippen LogP contribution in [-0.4, -0.2) is 0 Å². The van der Waals surface area contributed by atoms with Gasteiger partial charge >= 0.3 is 7.82 Å². The Balaban J connectivity index is 1.96. The summed E-state index contributed by atoms with van der Waals surface area (Å²) in [5.41, 5.74) is 3.36. The van der Waals surface area contributed by atoms with Gasteiger partial charge in [0.05, 0.1) is 0 Å². The number of para-hydroxylation sites is 2. The number of hydrogen-bond acceptors (Lipinski definition) is 4. The maximum Gasteiger partial charge on any atom is 0.647 e. The summed E-state index contributed by atoms with van der Waals surface area (Å²) in [7, 11) is -3.98. The van der Waals surface area contributed by atoms with E-state index in [1.54, 1.807) is 24.3 Å². The number of hydrogen-bond donors (Lipinski definition) is 0. The van der Waals surface area contributed by atoms with Crippen molar-refractivity contribution < 1.29 is 18.1 Å². The molecule has 0 aliphatic heterocycles. The molecular weight excluding hydrogens is 383 g/mol. The fourth-order valence-electron chi connectivity index (χ4n) is 3.00. The Morgan fingerprint density at radius 1 is 0.759 bits per heavy atom. The first-order valence-corrected chi connectivity index (χ1v) is 11.3. The molecule has 0 bridgehead atoms. The second-order valence-electron chi connectivity index (χ2n) is 6.93. The number of phosphoric acid groups is 1. The molecule has 3 rings (SSSR count). The first-order valence-electron chi connectivity index (χ1n) is 9.89. The molecule has 0 heterocycles. The van der Waals surface area contributed by atoms with E-state index in [-0.39, 0.29) is 0 Å². The number of phosphoric ester groups is 1. The van der Waals surface area contributed by atoms with Crippen LogP contribution in [0.2, 0.25) is 0 Å². The van der Waals surface area contributed by atoms with Gasteiger partial charge in [0.2, 0.25) is 0 Å².